The van der Waals surface area contributed by atoms with Crippen LogP contribution >= 0.6 is 0 Å². The minimum absolute atomic E-state index is 0.614. The lowest BCUT2D eigenvalue weighted by Gasteiger charge is -2.05. The van der Waals surface area contributed by atoms with E-state index >= 15 is 0 Å². The standard InChI is InChI=1S/C14H24N2O/c1-3-4-5-6-7-11-17-12-13-9-8-10-14(15-2)16-13/h8-10H,3-7,11-12H2,1-2H3,(H,15,16). The van der Waals surface area contributed by atoms with Crippen molar-refractivity contribution in [2.45, 2.75) is 45.6 Å². The fourth-order valence-corrected chi connectivity index (χ4v) is 1.68. The molecule has 1 aromatic heterocycles. The molecule has 0 atom stereocenters. The quantitative estimate of drug-likeness (QED) is 0.665. The van der Waals surface area contributed by atoms with E-state index < -0.39 is 0 Å². The third kappa shape index (κ3) is 6.27. The Bertz CT molecular complexity index is 302. The van der Waals surface area contributed by atoms with E-state index in [9.17, 15) is 0 Å². The summed E-state index contributed by atoms with van der Waals surface area (Å²) in [6, 6.07) is 5.95. The molecule has 1 heterocycles. The average Bonchev–Trinajstić information content (AvgIpc) is 2.38. The third-order valence-electron chi connectivity index (χ3n) is 2.71. The van der Waals surface area contributed by atoms with Gasteiger partial charge >= 0.3 is 0 Å². The van der Waals surface area contributed by atoms with E-state index in [4.69, 9.17) is 4.74 Å². The minimum Gasteiger partial charge on any atom is -0.375 e. The lowest BCUT2D eigenvalue weighted by Crippen LogP contribution is -2.00. The van der Waals surface area contributed by atoms with Gasteiger partial charge in [0.25, 0.3) is 0 Å². The Kier molecular flexibility index (Phi) is 7.39. The molecule has 0 aliphatic rings. The molecule has 0 amide bonds. The molecule has 1 N–H and O–H groups in total. The molecule has 0 saturated carbocycles. The van der Waals surface area contributed by atoms with Crippen LogP contribution in [0.15, 0.2) is 18.2 Å². The molecule has 3 heteroatoms. The maximum Gasteiger partial charge on any atom is 0.126 e. The summed E-state index contributed by atoms with van der Waals surface area (Å²) in [5.41, 5.74) is 0.991. The number of rotatable bonds is 9. The molecule has 1 rings (SSSR count). The van der Waals surface area contributed by atoms with Gasteiger partial charge in [0.05, 0.1) is 12.3 Å². The second-order valence-electron chi connectivity index (χ2n) is 4.23. The number of nitrogens with zero attached hydrogens (tertiary/aromatic N) is 1. The zero-order valence-corrected chi connectivity index (χ0v) is 11.0. The van der Waals surface area contributed by atoms with Gasteiger partial charge in [-0.2, -0.15) is 0 Å². The van der Waals surface area contributed by atoms with Crippen molar-refractivity contribution in [3.05, 3.63) is 23.9 Å². The molecule has 3 nitrogen and oxygen atoms in total. The first kappa shape index (κ1) is 14.0. The Morgan fingerprint density at radius 3 is 2.76 bits per heavy atom. The van der Waals surface area contributed by atoms with Crippen molar-refractivity contribution < 1.29 is 4.74 Å². The molecule has 0 aliphatic carbocycles. The Morgan fingerprint density at radius 1 is 1.18 bits per heavy atom. The summed E-state index contributed by atoms with van der Waals surface area (Å²) in [5.74, 6) is 0.897. The smallest absolute Gasteiger partial charge is 0.126 e. The van der Waals surface area contributed by atoms with E-state index in [1.807, 2.05) is 25.2 Å². The first-order valence-electron chi connectivity index (χ1n) is 6.58. The zero-order chi connectivity index (χ0) is 12.3. The second kappa shape index (κ2) is 8.99. The van der Waals surface area contributed by atoms with Crippen molar-refractivity contribution in [2.75, 3.05) is 19.0 Å². The van der Waals surface area contributed by atoms with Crippen LogP contribution in [0, 0.1) is 0 Å². The summed E-state index contributed by atoms with van der Waals surface area (Å²) in [6.45, 7) is 3.69. The highest BCUT2D eigenvalue weighted by Crippen LogP contribution is 2.06. The Morgan fingerprint density at radius 2 is 2.00 bits per heavy atom. The number of pyridine rings is 1. The molecular weight excluding hydrogens is 212 g/mol. The maximum absolute atomic E-state index is 5.61. The SMILES string of the molecule is CCCCCCCOCc1cccc(NC)n1. The van der Waals surface area contributed by atoms with Crippen molar-refractivity contribution in [3.63, 3.8) is 0 Å². The molecule has 0 spiro atoms. The van der Waals surface area contributed by atoms with E-state index in [0.717, 1.165) is 24.5 Å². The predicted molar refractivity (Wildman–Crippen MR) is 72.2 cm³/mol. The van der Waals surface area contributed by atoms with E-state index in [0.29, 0.717) is 6.61 Å². The van der Waals surface area contributed by atoms with Gasteiger partial charge in [-0.25, -0.2) is 4.98 Å². The van der Waals surface area contributed by atoms with Crippen LogP contribution in [0.1, 0.15) is 44.7 Å². The van der Waals surface area contributed by atoms with Crippen LogP contribution in [0.2, 0.25) is 0 Å². The van der Waals surface area contributed by atoms with Gasteiger partial charge in [-0.15, -0.1) is 0 Å². The van der Waals surface area contributed by atoms with Gasteiger partial charge in [0.15, 0.2) is 0 Å². The maximum atomic E-state index is 5.61. The molecular formula is C14H24N2O. The minimum atomic E-state index is 0.614. The van der Waals surface area contributed by atoms with Crippen LogP contribution in [0.25, 0.3) is 0 Å². The highest BCUT2D eigenvalue weighted by atomic mass is 16.5. The lowest BCUT2D eigenvalue weighted by atomic mass is 10.2. The van der Waals surface area contributed by atoms with Gasteiger partial charge in [-0.3, -0.25) is 0 Å². The van der Waals surface area contributed by atoms with E-state index in [2.05, 4.69) is 17.2 Å². The molecule has 0 radical (unpaired) electrons. The van der Waals surface area contributed by atoms with Crippen LogP contribution in [0.3, 0.4) is 0 Å². The van der Waals surface area contributed by atoms with Crippen LogP contribution in [0.4, 0.5) is 5.82 Å². The summed E-state index contributed by atoms with van der Waals surface area (Å²) in [5, 5.41) is 3.03. The van der Waals surface area contributed by atoms with E-state index in [1.54, 1.807) is 0 Å². The fourth-order valence-electron chi connectivity index (χ4n) is 1.68. The molecule has 96 valence electrons. The molecule has 0 fully saturated rings. The van der Waals surface area contributed by atoms with Crippen molar-refractivity contribution in [2.24, 2.45) is 0 Å². The lowest BCUT2D eigenvalue weighted by molar-refractivity contribution is 0.114. The highest BCUT2D eigenvalue weighted by molar-refractivity contribution is 5.33. The Labute approximate surface area is 105 Å². The summed E-state index contributed by atoms with van der Waals surface area (Å²) < 4.78 is 5.61. The number of ether oxygens (including phenoxy) is 1. The summed E-state index contributed by atoms with van der Waals surface area (Å²) >= 11 is 0. The van der Waals surface area contributed by atoms with Crippen molar-refractivity contribution in [1.29, 1.82) is 0 Å². The van der Waals surface area contributed by atoms with Crippen molar-refractivity contribution >= 4 is 5.82 Å². The van der Waals surface area contributed by atoms with Gasteiger partial charge in [0.1, 0.15) is 5.82 Å². The second-order valence-corrected chi connectivity index (χ2v) is 4.23. The first-order chi connectivity index (χ1) is 8.36. The van der Waals surface area contributed by atoms with Crippen molar-refractivity contribution in [3.8, 4) is 0 Å². The van der Waals surface area contributed by atoms with Gasteiger partial charge < -0.3 is 10.1 Å². The zero-order valence-electron chi connectivity index (χ0n) is 11.0. The summed E-state index contributed by atoms with van der Waals surface area (Å²) in [6.07, 6.45) is 6.39. The summed E-state index contributed by atoms with van der Waals surface area (Å²) in [7, 11) is 1.88. The number of hydrogen-bond acceptors (Lipinski definition) is 3. The summed E-state index contributed by atoms with van der Waals surface area (Å²) in [4.78, 5) is 4.40. The topological polar surface area (TPSA) is 34.1 Å². The van der Waals surface area contributed by atoms with E-state index in [-0.39, 0.29) is 0 Å². The number of nitrogens with one attached hydrogen (secondary N) is 1. The van der Waals surface area contributed by atoms with Crippen molar-refractivity contribution in [1.82, 2.24) is 4.98 Å². The molecule has 0 saturated heterocycles. The molecule has 1 aromatic rings. The van der Waals surface area contributed by atoms with Gasteiger partial charge in [0.2, 0.25) is 0 Å². The van der Waals surface area contributed by atoms with Gasteiger partial charge in [-0.05, 0) is 18.6 Å². The average molecular weight is 236 g/mol. The van der Waals surface area contributed by atoms with Crippen LogP contribution in [-0.2, 0) is 11.3 Å². The first-order valence-corrected chi connectivity index (χ1v) is 6.58. The predicted octanol–water partition coefficient (Wildman–Crippen LogP) is 3.61. The van der Waals surface area contributed by atoms with Gasteiger partial charge in [0, 0.05) is 13.7 Å². The van der Waals surface area contributed by atoms with Crippen LogP contribution < -0.4 is 5.32 Å². The molecule has 0 unspecified atom stereocenters. The molecule has 0 aliphatic heterocycles. The van der Waals surface area contributed by atoms with Gasteiger partial charge in [-0.1, -0.05) is 38.7 Å². The number of aromatic nitrogens is 1. The molecule has 0 aromatic carbocycles. The fraction of sp³-hybridized carbons (Fsp3) is 0.643. The van der Waals surface area contributed by atoms with E-state index in [1.165, 1.54) is 25.7 Å². The third-order valence-corrected chi connectivity index (χ3v) is 2.71. The monoisotopic (exact) mass is 236 g/mol. The number of anilines is 1. The Balaban J connectivity index is 2.09. The normalized spacial score (nSPS) is 10.5. The van der Waals surface area contributed by atoms with Crippen LogP contribution in [0.5, 0.6) is 0 Å². The Hall–Kier alpha value is -1.09. The number of hydrogen-bond donors (Lipinski definition) is 1. The highest BCUT2D eigenvalue weighted by Gasteiger charge is 1.96. The largest absolute Gasteiger partial charge is 0.375 e. The molecule has 0 bridgehead atoms. The van der Waals surface area contributed by atoms with Crippen LogP contribution in [-0.4, -0.2) is 18.6 Å². The number of unbranched alkanes of at least 4 members (excludes halogenated alkanes) is 4. The molecule has 17 heavy (non-hydrogen) atoms.